The lowest BCUT2D eigenvalue weighted by Crippen LogP contribution is -2.11. The average Bonchev–Trinajstić information content (AvgIpc) is 2.95. The maximum Gasteiger partial charge on any atom is 0.161 e. The first-order valence-corrected chi connectivity index (χ1v) is 7.34. The van der Waals surface area contributed by atoms with Crippen LogP contribution < -0.4 is 14.8 Å². The molecule has 1 N–H and O–H groups in total. The lowest BCUT2D eigenvalue weighted by molar-refractivity contribution is 0.355. The second-order valence-electron chi connectivity index (χ2n) is 4.60. The Kier molecular flexibility index (Phi) is 4.62. The van der Waals surface area contributed by atoms with E-state index in [1.807, 2.05) is 19.2 Å². The molecule has 4 nitrogen and oxygen atoms in total. The second kappa shape index (κ2) is 6.24. The van der Waals surface area contributed by atoms with Crippen LogP contribution >= 0.6 is 11.3 Å². The molecule has 0 saturated heterocycles. The maximum absolute atomic E-state index is 5.37. The summed E-state index contributed by atoms with van der Waals surface area (Å²) in [5.41, 5.74) is 3.18. The van der Waals surface area contributed by atoms with E-state index in [9.17, 15) is 0 Å². The molecule has 1 atom stereocenters. The second-order valence-corrected chi connectivity index (χ2v) is 5.49. The van der Waals surface area contributed by atoms with Crippen molar-refractivity contribution in [2.24, 2.45) is 0 Å². The number of hydrogen-bond donors (Lipinski definition) is 1. The van der Waals surface area contributed by atoms with Gasteiger partial charge < -0.3 is 14.8 Å². The van der Waals surface area contributed by atoms with E-state index in [0.29, 0.717) is 0 Å². The van der Waals surface area contributed by atoms with Gasteiger partial charge >= 0.3 is 0 Å². The van der Waals surface area contributed by atoms with Gasteiger partial charge in [-0.1, -0.05) is 0 Å². The molecule has 5 heteroatoms. The SMILES string of the molecule is CNC(C)c1nc(-c2cc(OC)c(OC)cc2C)cs1. The third-order valence-corrected chi connectivity index (χ3v) is 4.36. The van der Waals surface area contributed by atoms with Crippen molar-refractivity contribution in [3.63, 3.8) is 0 Å². The Morgan fingerprint density at radius 3 is 2.45 bits per heavy atom. The highest BCUT2D eigenvalue weighted by atomic mass is 32.1. The zero-order valence-corrected chi connectivity index (χ0v) is 13.3. The van der Waals surface area contributed by atoms with Gasteiger partial charge in [-0.3, -0.25) is 0 Å². The fourth-order valence-corrected chi connectivity index (χ4v) is 2.88. The Labute approximate surface area is 123 Å². The smallest absolute Gasteiger partial charge is 0.161 e. The minimum atomic E-state index is 0.259. The first kappa shape index (κ1) is 14.8. The summed E-state index contributed by atoms with van der Waals surface area (Å²) in [5.74, 6) is 1.47. The van der Waals surface area contributed by atoms with Crippen molar-refractivity contribution in [2.75, 3.05) is 21.3 Å². The molecule has 0 spiro atoms. The van der Waals surface area contributed by atoms with E-state index >= 15 is 0 Å². The maximum atomic E-state index is 5.37. The quantitative estimate of drug-likeness (QED) is 0.917. The molecule has 0 bridgehead atoms. The molecule has 0 amide bonds. The summed E-state index contributed by atoms with van der Waals surface area (Å²) in [5, 5.41) is 6.37. The van der Waals surface area contributed by atoms with Gasteiger partial charge in [0.2, 0.25) is 0 Å². The first-order valence-electron chi connectivity index (χ1n) is 6.46. The topological polar surface area (TPSA) is 43.4 Å². The van der Waals surface area contributed by atoms with Gasteiger partial charge in [-0.2, -0.15) is 0 Å². The lowest BCUT2D eigenvalue weighted by Gasteiger charge is -2.11. The molecule has 1 aromatic heterocycles. The molecule has 0 saturated carbocycles. The van der Waals surface area contributed by atoms with Gasteiger partial charge in [0.05, 0.1) is 26.0 Å². The monoisotopic (exact) mass is 292 g/mol. The Morgan fingerprint density at radius 2 is 1.85 bits per heavy atom. The fourth-order valence-electron chi connectivity index (χ4n) is 1.99. The highest BCUT2D eigenvalue weighted by molar-refractivity contribution is 7.10. The van der Waals surface area contributed by atoms with Crippen LogP contribution in [0.5, 0.6) is 11.5 Å². The number of aryl methyl sites for hydroxylation is 1. The van der Waals surface area contributed by atoms with Crippen LogP contribution in [0.1, 0.15) is 23.5 Å². The summed E-state index contributed by atoms with van der Waals surface area (Å²) >= 11 is 1.66. The number of rotatable bonds is 5. The summed E-state index contributed by atoms with van der Waals surface area (Å²) in [6.45, 7) is 4.15. The molecule has 2 aromatic rings. The van der Waals surface area contributed by atoms with E-state index in [0.717, 1.165) is 33.3 Å². The van der Waals surface area contributed by atoms with Crippen LogP contribution in [0.15, 0.2) is 17.5 Å². The third kappa shape index (κ3) is 2.78. The van der Waals surface area contributed by atoms with Crippen molar-refractivity contribution < 1.29 is 9.47 Å². The van der Waals surface area contributed by atoms with Crippen molar-refractivity contribution in [2.45, 2.75) is 19.9 Å². The molecule has 2 rings (SSSR count). The fraction of sp³-hybridized carbons (Fsp3) is 0.400. The lowest BCUT2D eigenvalue weighted by atomic mass is 10.1. The van der Waals surface area contributed by atoms with Gasteiger partial charge in [-0.05, 0) is 38.6 Å². The number of nitrogens with zero attached hydrogens (tertiary/aromatic N) is 1. The van der Waals surface area contributed by atoms with Crippen molar-refractivity contribution in [1.29, 1.82) is 0 Å². The predicted octanol–water partition coefficient (Wildman–Crippen LogP) is 3.42. The van der Waals surface area contributed by atoms with Crippen LogP contribution in [0.3, 0.4) is 0 Å². The highest BCUT2D eigenvalue weighted by Gasteiger charge is 2.14. The van der Waals surface area contributed by atoms with Crippen LogP contribution in [0.2, 0.25) is 0 Å². The van der Waals surface area contributed by atoms with Crippen molar-refractivity contribution >= 4 is 11.3 Å². The minimum Gasteiger partial charge on any atom is -0.493 e. The van der Waals surface area contributed by atoms with Gasteiger partial charge in [0, 0.05) is 10.9 Å². The summed E-state index contributed by atoms with van der Waals surface area (Å²) in [4.78, 5) is 4.70. The number of methoxy groups -OCH3 is 2. The van der Waals surface area contributed by atoms with Crippen LogP contribution in [0.25, 0.3) is 11.3 Å². The van der Waals surface area contributed by atoms with Crippen molar-refractivity contribution in [1.82, 2.24) is 10.3 Å². The van der Waals surface area contributed by atoms with Crippen molar-refractivity contribution in [3.05, 3.63) is 28.1 Å². The zero-order valence-electron chi connectivity index (χ0n) is 12.5. The molecule has 1 aromatic carbocycles. The molecule has 0 radical (unpaired) electrons. The molecular weight excluding hydrogens is 272 g/mol. The Bertz CT molecular complexity index is 596. The molecule has 108 valence electrons. The third-order valence-electron chi connectivity index (χ3n) is 3.33. The number of benzene rings is 1. The molecule has 0 fully saturated rings. The Hall–Kier alpha value is -1.59. The molecule has 0 aliphatic heterocycles. The van der Waals surface area contributed by atoms with Crippen LogP contribution in [0.4, 0.5) is 0 Å². The molecule has 1 heterocycles. The predicted molar refractivity (Wildman–Crippen MR) is 82.9 cm³/mol. The Morgan fingerprint density at radius 1 is 1.20 bits per heavy atom. The standard InChI is InChI=1S/C15H20N2O2S/c1-9-6-13(18-4)14(19-5)7-11(9)12-8-20-15(17-12)10(2)16-3/h6-8,10,16H,1-5H3. The Balaban J connectivity index is 2.44. The summed E-state index contributed by atoms with van der Waals surface area (Å²) in [6, 6.07) is 4.22. The number of hydrogen-bond acceptors (Lipinski definition) is 5. The van der Waals surface area contributed by atoms with Gasteiger partial charge in [0.25, 0.3) is 0 Å². The van der Waals surface area contributed by atoms with Gasteiger partial charge in [-0.25, -0.2) is 4.98 Å². The highest BCUT2D eigenvalue weighted by Crippen LogP contribution is 2.36. The largest absolute Gasteiger partial charge is 0.493 e. The van der Waals surface area contributed by atoms with E-state index in [-0.39, 0.29) is 6.04 Å². The normalized spacial score (nSPS) is 12.2. The van der Waals surface area contributed by atoms with E-state index in [1.165, 1.54) is 0 Å². The van der Waals surface area contributed by atoms with E-state index < -0.39 is 0 Å². The summed E-state index contributed by atoms with van der Waals surface area (Å²) < 4.78 is 10.7. The minimum absolute atomic E-state index is 0.259. The summed E-state index contributed by atoms with van der Waals surface area (Å²) in [7, 11) is 5.23. The summed E-state index contributed by atoms with van der Waals surface area (Å²) in [6.07, 6.45) is 0. The molecule has 0 aliphatic rings. The first-order chi connectivity index (χ1) is 9.60. The van der Waals surface area contributed by atoms with E-state index in [2.05, 4.69) is 24.5 Å². The van der Waals surface area contributed by atoms with Gasteiger partial charge in [0.1, 0.15) is 5.01 Å². The van der Waals surface area contributed by atoms with Crippen LogP contribution in [-0.2, 0) is 0 Å². The number of nitrogens with one attached hydrogen (secondary N) is 1. The number of ether oxygens (including phenoxy) is 2. The zero-order chi connectivity index (χ0) is 14.7. The van der Waals surface area contributed by atoms with Crippen LogP contribution in [0, 0.1) is 6.92 Å². The van der Waals surface area contributed by atoms with E-state index in [4.69, 9.17) is 14.5 Å². The molecule has 1 unspecified atom stereocenters. The number of aromatic nitrogens is 1. The van der Waals surface area contributed by atoms with Crippen LogP contribution in [-0.4, -0.2) is 26.3 Å². The number of thiazole rings is 1. The molecule has 0 aliphatic carbocycles. The molecule has 20 heavy (non-hydrogen) atoms. The van der Waals surface area contributed by atoms with Gasteiger partial charge in [0.15, 0.2) is 11.5 Å². The molecular formula is C15H20N2O2S. The van der Waals surface area contributed by atoms with E-state index in [1.54, 1.807) is 25.6 Å². The van der Waals surface area contributed by atoms with Crippen molar-refractivity contribution in [3.8, 4) is 22.8 Å². The van der Waals surface area contributed by atoms with Gasteiger partial charge in [-0.15, -0.1) is 11.3 Å². The average molecular weight is 292 g/mol.